The van der Waals surface area contributed by atoms with Crippen LogP contribution in [0.4, 0.5) is 5.69 Å². The number of aliphatic imine (C=N–C) groups is 1. The SMILES string of the molecule is CC(C)CCNC(=O)CN1C(=O)C(C)N=C(c2ccccc2)c2ccccc21. The van der Waals surface area contributed by atoms with Crippen LogP contribution in [0.15, 0.2) is 59.6 Å². The Bertz CT molecular complexity index is 874. The fourth-order valence-electron chi connectivity index (χ4n) is 3.26. The van der Waals surface area contributed by atoms with E-state index in [0.717, 1.165) is 28.9 Å². The number of fused-ring (bicyclic) bond motifs is 1. The first-order valence-electron chi connectivity index (χ1n) is 9.78. The van der Waals surface area contributed by atoms with Crippen LogP contribution in [0.1, 0.15) is 38.3 Å². The average Bonchev–Trinajstić information content (AvgIpc) is 2.79. The van der Waals surface area contributed by atoms with E-state index in [1.807, 2.05) is 54.6 Å². The Hall–Kier alpha value is -2.95. The molecule has 2 aromatic rings. The Kier molecular flexibility index (Phi) is 6.24. The number of benzene rings is 2. The monoisotopic (exact) mass is 377 g/mol. The highest BCUT2D eigenvalue weighted by atomic mass is 16.2. The van der Waals surface area contributed by atoms with Crippen LogP contribution in [-0.2, 0) is 9.59 Å². The van der Waals surface area contributed by atoms with Gasteiger partial charge in [0.2, 0.25) is 5.91 Å². The van der Waals surface area contributed by atoms with Gasteiger partial charge in [0.05, 0.1) is 11.4 Å². The van der Waals surface area contributed by atoms with Crippen LogP contribution in [0.5, 0.6) is 0 Å². The molecule has 5 nitrogen and oxygen atoms in total. The lowest BCUT2D eigenvalue weighted by Crippen LogP contribution is -2.44. The maximum atomic E-state index is 13.0. The molecule has 0 spiro atoms. The summed E-state index contributed by atoms with van der Waals surface area (Å²) < 4.78 is 0. The third kappa shape index (κ3) is 4.47. The summed E-state index contributed by atoms with van der Waals surface area (Å²) in [5, 5.41) is 2.92. The van der Waals surface area contributed by atoms with E-state index in [1.165, 1.54) is 0 Å². The molecule has 0 bridgehead atoms. The summed E-state index contributed by atoms with van der Waals surface area (Å²) in [6.45, 7) is 6.62. The maximum Gasteiger partial charge on any atom is 0.252 e. The van der Waals surface area contributed by atoms with Crippen molar-refractivity contribution in [1.29, 1.82) is 0 Å². The van der Waals surface area contributed by atoms with Gasteiger partial charge in [-0.3, -0.25) is 14.6 Å². The third-order valence-electron chi connectivity index (χ3n) is 4.79. The third-order valence-corrected chi connectivity index (χ3v) is 4.79. The van der Waals surface area contributed by atoms with Crippen LogP contribution < -0.4 is 10.2 Å². The Balaban J connectivity index is 1.92. The van der Waals surface area contributed by atoms with E-state index in [1.54, 1.807) is 11.8 Å². The number of hydrogen-bond donors (Lipinski definition) is 1. The smallest absolute Gasteiger partial charge is 0.252 e. The minimum atomic E-state index is -0.564. The Labute approximate surface area is 166 Å². The summed E-state index contributed by atoms with van der Waals surface area (Å²) in [5.74, 6) is 0.194. The number of carbonyl (C=O) groups excluding carboxylic acids is 2. The molecule has 0 aliphatic carbocycles. The van der Waals surface area contributed by atoms with E-state index in [4.69, 9.17) is 4.99 Å². The fraction of sp³-hybridized carbons (Fsp3) is 0.348. The van der Waals surface area contributed by atoms with Gasteiger partial charge in [-0.05, 0) is 25.3 Å². The van der Waals surface area contributed by atoms with Crippen molar-refractivity contribution in [3.63, 3.8) is 0 Å². The zero-order valence-electron chi connectivity index (χ0n) is 16.7. The summed E-state index contributed by atoms with van der Waals surface area (Å²) >= 11 is 0. The zero-order valence-corrected chi connectivity index (χ0v) is 16.7. The second kappa shape index (κ2) is 8.83. The number of benzodiazepines with no additional fused rings is 1. The van der Waals surface area contributed by atoms with Gasteiger partial charge in [0.15, 0.2) is 0 Å². The number of carbonyl (C=O) groups is 2. The highest BCUT2D eigenvalue weighted by Gasteiger charge is 2.30. The van der Waals surface area contributed by atoms with Gasteiger partial charge in [-0.1, -0.05) is 62.4 Å². The predicted octanol–water partition coefficient (Wildman–Crippen LogP) is 3.42. The standard InChI is InChI=1S/C23H27N3O2/c1-16(2)13-14-24-21(27)15-26-20-12-8-7-11-19(20)22(25-17(3)23(26)28)18-9-5-4-6-10-18/h4-12,16-17H,13-15H2,1-3H3,(H,24,27). The van der Waals surface area contributed by atoms with Crippen LogP contribution in [0, 0.1) is 5.92 Å². The molecular formula is C23H27N3O2. The molecule has 5 heteroatoms. The Morgan fingerprint density at radius 3 is 2.50 bits per heavy atom. The lowest BCUT2D eigenvalue weighted by molar-refractivity contribution is -0.124. The van der Waals surface area contributed by atoms with Gasteiger partial charge in [0, 0.05) is 17.7 Å². The van der Waals surface area contributed by atoms with E-state index in [2.05, 4.69) is 19.2 Å². The largest absolute Gasteiger partial charge is 0.355 e. The first kappa shape index (κ1) is 19.8. The number of nitrogens with zero attached hydrogens (tertiary/aromatic N) is 2. The summed E-state index contributed by atoms with van der Waals surface area (Å²) in [7, 11) is 0. The van der Waals surface area contributed by atoms with Crippen molar-refractivity contribution >= 4 is 23.2 Å². The summed E-state index contributed by atoms with van der Waals surface area (Å²) in [5.41, 5.74) is 3.32. The van der Waals surface area contributed by atoms with Gasteiger partial charge in [-0.2, -0.15) is 0 Å². The van der Waals surface area contributed by atoms with E-state index in [0.29, 0.717) is 12.5 Å². The molecule has 1 N–H and O–H groups in total. The summed E-state index contributed by atoms with van der Waals surface area (Å²) in [4.78, 5) is 31.8. The molecule has 3 rings (SSSR count). The van der Waals surface area contributed by atoms with Crippen LogP contribution in [0.3, 0.4) is 0 Å². The fourth-order valence-corrected chi connectivity index (χ4v) is 3.26. The van der Waals surface area contributed by atoms with Gasteiger partial charge < -0.3 is 10.2 Å². The molecule has 0 saturated heterocycles. The number of rotatable bonds is 6. The Morgan fingerprint density at radius 2 is 1.79 bits per heavy atom. The first-order valence-corrected chi connectivity index (χ1v) is 9.78. The second-order valence-electron chi connectivity index (χ2n) is 7.49. The quantitative estimate of drug-likeness (QED) is 0.838. The maximum absolute atomic E-state index is 13.0. The molecule has 0 fully saturated rings. The average molecular weight is 377 g/mol. The molecule has 28 heavy (non-hydrogen) atoms. The molecule has 1 unspecified atom stereocenters. The van der Waals surface area contributed by atoms with Crippen molar-refractivity contribution in [2.45, 2.75) is 33.2 Å². The summed E-state index contributed by atoms with van der Waals surface area (Å²) in [6.07, 6.45) is 0.911. The molecular weight excluding hydrogens is 350 g/mol. The van der Waals surface area contributed by atoms with Crippen molar-refractivity contribution in [3.05, 3.63) is 65.7 Å². The predicted molar refractivity (Wildman–Crippen MR) is 113 cm³/mol. The molecule has 2 amide bonds. The summed E-state index contributed by atoms with van der Waals surface area (Å²) in [6, 6.07) is 16.9. The molecule has 1 atom stereocenters. The normalized spacial score (nSPS) is 16.4. The van der Waals surface area contributed by atoms with Gasteiger partial charge in [0.25, 0.3) is 5.91 Å². The minimum absolute atomic E-state index is 0.00410. The number of nitrogens with one attached hydrogen (secondary N) is 1. The lowest BCUT2D eigenvalue weighted by atomic mass is 10.0. The van der Waals surface area contributed by atoms with Crippen molar-refractivity contribution in [1.82, 2.24) is 5.32 Å². The molecule has 0 saturated carbocycles. The number of amides is 2. The van der Waals surface area contributed by atoms with Crippen LogP contribution in [0.25, 0.3) is 0 Å². The Morgan fingerprint density at radius 1 is 1.11 bits per heavy atom. The molecule has 0 radical (unpaired) electrons. The minimum Gasteiger partial charge on any atom is -0.355 e. The van der Waals surface area contributed by atoms with Gasteiger partial charge in [-0.25, -0.2) is 0 Å². The number of para-hydroxylation sites is 1. The van der Waals surface area contributed by atoms with E-state index >= 15 is 0 Å². The van der Waals surface area contributed by atoms with Crippen LogP contribution in [-0.4, -0.2) is 36.7 Å². The molecule has 1 heterocycles. The molecule has 146 valence electrons. The van der Waals surface area contributed by atoms with Crippen molar-refractivity contribution in [2.75, 3.05) is 18.0 Å². The second-order valence-corrected chi connectivity index (χ2v) is 7.49. The number of anilines is 1. The highest BCUT2D eigenvalue weighted by molar-refractivity contribution is 6.20. The zero-order chi connectivity index (χ0) is 20.1. The topological polar surface area (TPSA) is 61.8 Å². The number of hydrogen-bond acceptors (Lipinski definition) is 3. The van der Waals surface area contributed by atoms with Crippen molar-refractivity contribution in [2.24, 2.45) is 10.9 Å². The van der Waals surface area contributed by atoms with E-state index in [-0.39, 0.29) is 18.4 Å². The van der Waals surface area contributed by atoms with Gasteiger partial charge in [0.1, 0.15) is 12.6 Å². The molecule has 1 aliphatic heterocycles. The van der Waals surface area contributed by atoms with Crippen molar-refractivity contribution < 1.29 is 9.59 Å². The van der Waals surface area contributed by atoms with Crippen LogP contribution >= 0.6 is 0 Å². The van der Waals surface area contributed by atoms with Crippen LogP contribution in [0.2, 0.25) is 0 Å². The lowest BCUT2D eigenvalue weighted by Gasteiger charge is -2.24. The van der Waals surface area contributed by atoms with E-state index in [9.17, 15) is 9.59 Å². The molecule has 2 aromatic carbocycles. The molecule has 1 aliphatic rings. The van der Waals surface area contributed by atoms with E-state index < -0.39 is 6.04 Å². The van der Waals surface area contributed by atoms with Crippen molar-refractivity contribution in [3.8, 4) is 0 Å². The van der Waals surface area contributed by atoms with Gasteiger partial charge in [-0.15, -0.1) is 0 Å². The molecule has 0 aromatic heterocycles. The first-order chi connectivity index (χ1) is 13.5. The highest BCUT2D eigenvalue weighted by Crippen LogP contribution is 2.28. The van der Waals surface area contributed by atoms with Gasteiger partial charge >= 0.3 is 0 Å².